The van der Waals surface area contributed by atoms with Crippen molar-refractivity contribution in [1.82, 2.24) is 5.32 Å². The molecule has 0 amide bonds. The van der Waals surface area contributed by atoms with E-state index in [1.807, 2.05) is 14.0 Å². The first kappa shape index (κ1) is 10.9. The Bertz CT molecular complexity index is 109. The molecule has 0 saturated carbocycles. The highest BCUT2D eigenvalue weighted by molar-refractivity contribution is 5.78. The molecular formula is C7H14N2. The molecule has 0 rings (SSSR count). The normalized spacial score (nSPS) is 8.56. The van der Waals surface area contributed by atoms with Gasteiger partial charge in [0.25, 0.3) is 0 Å². The monoisotopic (exact) mass is 126 g/mol. The predicted molar refractivity (Wildman–Crippen MR) is 42.6 cm³/mol. The van der Waals surface area contributed by atoms with Gasteiger partial charge in [0, 0.05) is 14.1 Å². The van der Waals surface area contributed by atoms with Crippen molar-refractivity contribution >= 4 is 5.84 Å². The van der Waals surface area contributed by atoms with Gasteiger partial charge in [-0.2, -0.15) is 0 Å². The lowest BCUT2D eigenvalue weighted by atomic mass is 10.7. The molecule has 0 aliphatic carbocycles. The highest BCUT2D eigenvalue weighted by Gasteiger charge is 1.71. The van der Waals surface area contributed by atoms with E-state index in [0.717, 1.165) is 5.84 Å². The Labute approximate surface area is 57.4 Å². The molecule has 0 aromatic heterocycles. The molecule has 0 heterocycles. The van der Waals surface area contributed by atoms with E-state index in [-0.39, 0.29) is 0 Å². The van der Waals surface area contributed by atoms with Crippen LogP contribution in [0.5, 0.6) is 0 Å². The first-order valence-corrected chi connectivity index (χ1v) is 2.71. The maximum absolute atomic E-state index is 4.60. The number of amidine groups is 1. The molecule has 0 fully saturated rings. The lowest BCUT2D eigenvalue weighted by Crippen LogP contribution is -2.12. The van der Waals surface area contributed by atoms with Crippen molar-refractivity contribution in [2.45, 2.75) is 13.8 Å². The molecule has 0 unspecified atom stereocenters. The molecule has 0 aromatic carbocycles. The van der Waals surface area contributed by atoms with Gasteiger partial charge in [0.05, 0.1) is 5.84 Å². The molecular weight excluding hydrogens is 112 g/mol. The van der Waals surface area contributed by atoms with E-state index in [1.165, 1.54) is 0 Å². The van der Waals surface area contributed by atoms with Crippen LogP contribution in [0.25, 0.3) is 0 Å². The van der Waals surface area contributed by atoms with E-state index < -0.39 is 0 Å². The quantitative estimate of drug-likeness (QED) is 0.291. The molecule has 0 atom stereocenters. The van der Waals surface area contributed by atoms with Crippen molar-refractivity contribution in [3.63, 3.8) is 0 Å². The minimum Gasteiger partial charge on any atom is -0.377 e. The highest BCUT2D eigenvalue weighted by Crippen LogP contribution is 1.59. The summed E-state index contributed by atoms with van der Waals surface area (Å²) < 4.78 is 0. The molecule has 52 valence electrons. The van der Waals surface area contributed by atoms with Crippen LogP contribution in [-0.4, -0.2) is 19.9 Å². The predicted octanol–water partition coefficient (Wildman–Crippen LogP) is 0.893. The zero-order chi connectivity index (χ0) is 7.70. The van der Waals surface area contributed by atoms with E-state index in [1.54, 1.807) is 14.0 Å². The molecule has 0 radical (unpaired) electrons. The Morgan fingerprint density at radius 2 is 2.00 bits per heavy atom. The fourth-order valence-corrected chi connectivity index (χ4v) is 0.112. The first-order chi connectivity index (χ1) is 4.22. The fraction of sp³-hybridized carbons (Fsp3) is 0.571. The van der Waals surface area contributed by atoms with Gasteiger partial charge in [-0.1, -0.05) is 0 Å². The van der Waals surface area contributed by atoms with Crippen LogP contribution >= 0.6 is 0 Å². The minimum absolute atomic E-state index is 0.968. The van der Waals surface area contributed by atoms with Gasteiger partial charge in [-0.05, 0) is 13.8 Å². The molecule has 0 aliphatic rings. The van der Waals surface area contributed by atoms with Crippen molar-refractivity contribution in [1.29, 1.82) is 0 Å². The van der Waals surface area contributed by atoms with E-state index in [4.69, 9.17) is 0 Å². The maximum Gasteiger partial charge on any atom is 0.0925 e. The van der Waals surface area contributed by atoms with Crippen LogP contribution < -0.4 is 5.32 Å². The molecule has 0 saturated heterocycles. The van der Waals surface area contributed by atoms with Crippen LogP contribution in [0, 0.1) is 12.3 Å². The largest absolute Gasteiger partial charge is 0.377 e. The summed E-state index contributed by atoms with van der Waals surface area (Å²) in [5.74, 6) is 3.22. The van der Waals surface area contributed by atoms with Gasteiger partial charge in [-0.3, -0.25) is 4.99 Å². The Morgan fingerprint density at radius 1 is 1.67 bits per heavy atom. The number of hydrogen-bond acceptors (Lipinski definition) is 1. The second kappa shape index (κ2) is 10.1. The standard InChI is InChI=1S/C4H10N2.C3H4/c1-4(5-2)6-3;1-3-2/h1-3H3,(H,5,6);1H,2H3. The molecule has 0 bridgehead atoms. The fourth-order valence-electron chi connectivity index (χ4n) is 0.112. The van der Waals surface area contributed by atoms with Crippen molar-refractivity contribution in [2.75, 3.05) is 14.1 Å². The molecule has 0 spiro atoms. The van der Waals surface area contributed by atoms with Gasteiger partial charge < -0.3 is 5.32 Å². The SMILES string of the molecule is C#CC.CN=C(C)NC. The second-order valence-corrected chi connectivity index (χ2v) is 1.35. The summed E-state index contributed by atoms with van der Waals surface area (Å²) in [7, 11) is 3.61. The summed E-state index contributed by atoms with van der Waals surface area (Å²) in [5.41, 5.74) is 0. The summed E-state index contributed by atoms with van der Waals surface area (Å²) in [6.45, 7) is 3.57. The number of rotatable bonds is 0. The highest BCUT2D eigenvalue weighted by atomic mass is 14.9. The summed E-state index contributed by atoms with van der Waals surface area (Å²) >= 11 is 0. The number of nitrogens with one attached hydrogen (secondary N) is 1. The van der Waals surface area contributed by atoms with Gasteiger partial charge in [-0.25, -0.2) is 0 Å². The second-order valence-electron chi connectivity index (χ2n) is 1.35. The van der Waals surface area contributed by atoms with Crippen LogP contribution in [0.2, 0.25) is 0 Å². The minimum atomic E-state index is 0.968. The number of hydrogen-bond donors (Lipinski definition) is 1. The average Bonchev–Trinajstić information content (AvgIpc) is 1.88. The van der Waals surface area contributed by atoms with Gasteiger partial charge in [0.15, 0.2) is 0 Å². The lowest BCUT2D eigenvalue weighted by molar-refractivity contribution is 1.14. The maximum atomic E-state index is 4.60. The number of aliphatic imine (C=N–C) groups is 1. The third kappa shape index (κ3) is 19.4. The van der Waals surface area contributed by atoms with Crippen molar-refractivity contribution in [3.05, 3.63) is 0 Å². The zero-order valence-electron chi connectivity index (χ0n) is 6.52. The van der Waals surface area contributed by atoms with Crippen LogP contribution in [0.1, 0.15) is 13.8 Å². The number of terminal acetylenes is 1. The summed E-state index contributed by atoms with van der Waals surface area (Å²) in [6, 6.07) is 0. The molecule has 0 aromatic rings. The van der Waals surface area contributed by atoms with Gasteiger partial charge in [0.2, 0.25) is 0 Å². The third-order valence-corrected chi connectivity index (χ3v) is 0.697. The topological polar surface area (TPSA) is 24.4 Å². The first-order valence-electron chi connectivity index (χ1n) is 2.71. The van der Waals surface area contributed by atoms with Gasteiger partial charge >= 0.3 is 0 Å². The molecule has 0 aliphatic heterocycles. The third-order valence-electron chi connectivity index (χ3n) is 0.697. The van der Waals surface area contributed by atoms with Crippen molar-refractivity contribution in [2.24, 2.45) is 4.99 Å². The Balaban J connectivity index is 0. The van der Waals surface area contributed by atoms with E-state index in [9.17, 15) is 0 Å². The van der Waals surface area contributed by atoms with Gasteiger partial charge in [-0.15, -0.1) is 12.3 Å². The van der Waals surface area contributed by atoms with E-state index in [2.05, 4.69) is 22.7 Å². The van der Waals surface area contributed by atoms with Crippen molar-refractivity contribution in [3.8, 4) is 12.3 Å². The van der Waals surface area contributed by atoms with Gasteiger partial charge in [0.1, 0.15) is 0 Å². The Hall–Kier alpha value is -0.970. The molecule has 9 heavy (non-hydrogen) atoms. The smallest absolute Gasteiger partial charge is 0.0925 e. The summed E-state index contributed by atoms with van der Waals surface area (Å²) in [4.78, 5) is 3.81. The van der Waals surface area contributed by atoms with Crippen molar-refractivity contribution < 1.29 is 0 Å². The summed E-state index contributed by atoms with van der Waals surface area (Å²) in [6.07, 6.45) is 4.60. The number of nitrogens with zero attached hydrogens (tertiary/aromatic N) is 1. The average molecular weight is 126 g/mol. The Morgan fingerprint density at radius 3 is 2.00 bits per heavy atom. The summed E-state index contributed by atoms with van der Waals surface area (Å²) in [5, 5.41) is 2.86. The molecule has 2 heteroatoms. The lowest BCUT2D eigenvalue weighted by Gasteiger charge is -1.90. The molecule has 1 N–H and O–H groups in total. The van der Waals surface area contributed by atoms with E-state index in [0.29, 0.717) is 0 Å². The van der Waals surface area contributed by atoms with Crippen LogP contribution in [0.15, 0.2) is 4.99 Å². The van der Waals surface area contributed by atoms with Crippen LogP contribution in [-0.2, 0) is 0 Å². The Kier molecular flexibility index (Phi) is 12.3. The van der Waals surface area contributed by atoms with Crippen LogP contribution in [0.3, 0.4) is 0 Å². The molecule has 2 nitrogen and oxygen atoms in total. The zero-order valence-corrected chi connectivity index (χ0v) is 6.52. The van der Waals surface area contributed by atoms with E-state index >= 15 is 0 Å². The van der Waals surface area contributed by atoms with Crippen LogP contribution in [0.4, 0.5) is 0 Å².